The van der Waals surface area contributed by atoms with Crippen LogP contribution >= 0.6 is 0 Å². The summed E-state index contributed by atoms with van der Waals surface area (Å²) in [6.45, 7) is 7.24. The van der Waals surface area contributed by atoms with Gasteiger partial charge in [0.05, 0.1) is 19.8 Å². The number of nitrogens with one attached hydrogen (secondary N) is 1. The van der Waals surface area contributed by atoms with Crippen molar-refractivity contribution in [1.29, 1.82) is 0 Å². The molecule has 14 heavy (non-hydrogen) atoms. The van der Waals surface area contributed by atoms with Gasteiger partial charge in [-0.1, -0.05) is 13.0 Å². The average molecular weight is 199 g/mol. The van der Waals surface area contributed by atoms with Gasteiger partial charge in [-0.25, -0.2) is 0 Å². The fourth-order valence-electron chi connectivity index (χ4n) is 1.37. The van der Waals surface area contributed by atoms with Gasteiger partial charge >= 0.3 is 0 Å². The van der Waals surface area contributed by atoms with Crippen LogP contribution in [0.1, 0.15) is 19.8 Å². The monoisotopic (exact) mass is 199 g/mol. The molecular formula is C11H21NO2. The fourth-order valence-corrected chi connectivity index (χ4v) is 1.37. The van der Waals surface area contributed by atoms with Gasteiger partial charge in [0, 0.05) is 13.2 Å². The molecule has 1 rings (SSSR count). The summed E-state index contributed by atoms with van der Waals surface area (Å²) >= 11 is 0. The van der Waals surface area contributed by atoms with E-state index in [0.717, 1.165) is 45.8 Å². The summed E-state index contributed by atoms with van der Waals surface area (Å²) in [5.74, 6) is 0. The molecule has 1 aliphatic rings. The molecule has 0 unspecified atom stereocenters. The van der Waals surface area contributed by atoms with E-state index >= 15 is 0 Å². The summed E-state index contributed by atoms with van der Waals surface area (Å²) in [5.41, 5.74) is 1.42. The Labute approximate surface area is 86.5 Å². The lowest BCUT2D eigenvalue weighted by Gasteiger charge is -2.14. The molecule has 1 heterocycles. The van der Waals surface area contributed by atoms with E-state index in [9.17, 15) is 0 Å². The average Bonchev–Trinajstić information content (AvgIpc) is 2.25. The van der Waals surface area contributed by atoms with Crippen molar-refractivity contribution in [2.75, 3.05) is 39.5 Å². The van der Waals surface area contributed by atoms with Gasteiger partial charge in [-0.2, -0.15) is 0 Å². The van der Waals surface area contributed by atoms with E-state index in [0.29, 0.717) is 6.61 Å². The van der Waals surface area contributed by atoms with Crippen LogP contribution in [0.3, 0.4) is 0 Å². The Bertz CT molecular complexity index is 169. The lowest BCUT2D eigenvalue weighted by atomic mass is 10.1. The first-order chi connectivity index (χ1) is 6.93. The predicted molar refractivity (Wildman–Crippen MR) is 57.5 cm³/mol. The van der Waals surface area contributed by atoms with Gasteiger partial charge < -0.3 is 14.8 Å². The maximum absolute atomic E-state index is 5.50. The third-order valence-corrected chi connectivity index (χ3v) is 2.17. The second-order valence-electron chi connectivity index (χ2n) is 3.48. The van der Waals surface area contributed by atoms with E-state index in [2.05, 4.69) is 18.3 Å². The van der Waals surface area contributed by atoms with Gasteiger partial charge in [-0.05, 0) is 25.0 Å². The zero-order chi connectivity index (χ0) is 10.1. The van der Waals surface area contributed by atoms with E-state index in [1.165, 1.54) is 5.57 Å². The molecule has 0 saturated heterocycles. The molecular weight excluding hydrogens is 178 g/mol. The third-order valence-electron chi connectivity index (χ3n) is 2.17. The molecule has 3 heteroatoms. The van der Waals surface area contributed by atoms with Crippen LogP contribution in [0.2, 0.25) is 0 Å². The molecule has 0 aromatic rings. The summed E-state index contributed by atoms with van der Waals surface area (Å²) in [4.78, 5) is 0. The quantitative estimate of drug-likeness (QED) is 0.496. The zero-order valence-corrected chi connectivity index (χ0v) is 9.05. The van der Waals surface area contributed by atoms with Crippen LogP contribution in [0.5, 0.6) is 0 Å². The van der Waals surface area contributed by atoms with Crippen molar-refractivity contribution in [3.05, 3.63) is 11.6 Å². The summed E-state index contributed by atoms with van der Waals surface area (Å²) < 4.78 is 10.8. The molecule has 3 nitrogen and oxygen atoms in total. The topological polar surface area (TPSA) is 30.5 Å². The van der Waals surface area contributed by atoms with Gasteiger partial charge in [0.1, 0.15) is 0 Å². The summed E-state index contributed by atoms with van der Waals surface area (Å²) in [6.07, 6.45) is 4.42. The Balaban J connectivity index is 1.90. The highest BCUT2D eigenvalue weighted by molar-refractivity contribution is 5.06. The minimum atomic E-state index is 0.713. The van der Waals surface area contributed by atoms with Crippen LogP contribution in [0.25, 0.3) is 0 Å². The predicted octanol–water partition coefficient (Wildman–Crippen LogP) is 1.35. The van der Waals surface area contributed by atoms with Crippen LogP contribution < -0.4 is 5.32 Å². The molecule has 0 amide bonds. The molecule has 0 spiro atoms. The summed E-state index contributed by atoms with van der Waals surface area (Å²) in [5, 5.41) is 3.28. The minimum Gasteiger partial charge on any atom is -0.379 e. The minimum absolute atomic E-state index is 0.713. The summed E-state index contributed by atoms with van der Waals surface area (Å²) in [6, 6.07) is 0. The molecule has 1 N–H and O–H groups in total. The summed E-state index contributed by atoms with van der Waals surface area (Å²) in [7, 11) is 0. The van der Waals surface area contributed by atoms with Gasteiger partial charge in [-0.3, -0.25) is 0 Å². The molecule has 0 radical (unpaired) electrons. The van der Waals surface area contributed by atoms with Crippen LogP contribution in [0.15, 0.2) is 11.6 Å². The number of ether oxygens (including phenoxy) is 2. The highest BCUT2D eigenvalue weighted by Crippen LogP contribution is 2.04. The van der Waals surface area contributed by atoms with E-state index in [1.54, 1.807) is 0 Å². The first-order valence-corrected chi connectivity index (χ1v) is 5.47. The molecule has 0 aromatic carbocycles. The van der Waals surface area contributed by atoms with Crippen LogP contribution in [-0.4, -0.2) is 39.5 Å². The Morgan fingerprint density at radius 1 is 1.29 bits per heavy atom. The number of rotatable bonds is 7. The van der Waals surface area contributed by atoms with Crippen molar-refractivity contribution in [3.63, 3.8) is 0 Å². The SMILES string of the molecule is CCCOCCOCC1=CCNCC1. The lowest BCUT2D eigenvalue weighted by Crippen LogP contribution is -2.22. The number of hydrogen-bond acceptors (Lipinski definition) is 3. The molecule has 0 aliphatic carbocycles. The van der Waals surface area contributed by atoms with Crippen molar-refractivity contribution in [2.45, 2.75) is 19.8 Å². The van der Waals surface area contributed by atoms with E-state index < -0.39 is 0 Å². The normalized spacial score (nSPS) is 16.8. The van der Waals surface area contributed by atoms with Crippen molar-refractivity contribution in [3.8, 4) is 0 Å². The first-order valence-electron chi connectivity index (χ1n) is 5.47. The van der Waals surface area contributed by atoms with Crippen molar-refractivity contribution >= 4 is 0 Å². The standard InChI is InChI=1S/C11H21NO2/c1-2-7-13-8-9-14-10-11-3-5-12-6-4-11/h3,12H,2,4-10H2,1H3. The van der Waals surface area contributed by atoms with Crippen molar-refractivity contribution < 1.29 is 9.47 Å². The molecule has 0 bridgehead atoms. The molecule has 0 atom stereocenters. The smallest absolute Gasteiger partial charge is 0.0704 e. The Kier molecular flexibility index (Phi) is 6.66. The van der Waals surface area contributed by atoms with E-state index in [-0.39, 0.29) is 0 Å². The van der Waals surface area contributed by atoms with E-state index in [1.807, 2.05) is 0 Å². The second-order valence-corrected chi connectivity index (χ2v) is 3.48. The van der Waals surface area contributed by atoms with Gasteiger partial charge in [0.25, 0.3) is 0 Å². The molecule has 1 aliphatic heterocycles. The molecule has 0 aromatic heterocycles. The highest BCUT2D eigenvalue weighted by Gasteiger charge is 2.01. The van der Waals surface area contributed by atoms with E-state index in [4.69, 9.17) is 9.47 Å². The second kappa shape index (κ2) is 7.97. The largest absolute Gasteiger partial charge is 0.379 e. The Hall–Kier alpha value is -0.380. The van der Waals surface area contributed by atoms with Crippen molar-refractivity contribution in [2.24, 2.45) is 0 Å². The first kappa shape index (κ1) is 11.7. The zero-order valence-electron chi connectivity index (χ0n) is 9.05. The van der Waals surface area contributed by atoms with Crippen LogP contribution in [0, 0.1) is 0 Å². The Morgan fingerprint density at radius 2 is 2.14 bits per heavy atom. The molecule has 0 saturated carbocycles. The maximum atomic E-state index is 5.50. The van der Waals surface area contributed by atoms with Crippen LogP contribution in [-0.2, 0) is 9.47 Å². The number of hydrogen-bond donors (Lipinski definition) is 1. The van der Waals surface area contributed by atoms with Gasteiger partial charge in [-0.15, -0.1) is 0 Å². The van der Waals surface area contributed by atoms with Crippen LogP contribution in [0.4, 0.5) is 0 Å². The maximum Gasteiger partial charge on any atom is 0.0704 e. The Morgan fingerprint density at radius 3 is 2.86 bits per heavy atom. The molecule has 0 fully saturated rings. The molecule has 82 valence electrons. The third kappa shape index (κ3) is 5.37. The highest BCUT2D eigenvalue weighted by atomic mass is 16.5. The van der Waals surface area contributed by atoms with Gasteiger partial charge in [0.15, 0.2) is 0 Å². The van der Waals surface area contributed by atoms with Crippen molar-refractivity contribution in [1.82, 2.24) is 5.32 Å². The fraction of sp³-hybridized carbons (Fsp3) is 0.818. The lowest BCUT2D eigenvalue weighted by molar-refractivity contribution is 0.0557. The van der Waals surface area contributed by atoms with Gasteiger partial charge in [0.2, 0.25) is 0 Å².